The quantitative estimate of drug-likeness (QED) is 0.617. The first-order valence-corrected chi connectivity index (χ1v) is 5.15. The van der Waals surface area contributed by atoms with E-state index in [1.165, 1.54) is 16.8 Å². The smallest absolute Gasteiger partial charge is 0.239 e. The molecule has 1 aromatic carbocycles. The van der Waals surface area contributed by atoms with E-state index in [1.807, 2.05) is 7.05 Å². The number of hydrogen-bond donors (Lipinski definition) is 0. The number of nitrogens with zero attached hydrogens (tertiary/aromatic N) is 2. The average molecular weight is 197 g/mol. The summed E-state index contributed by atoms with van der Waals surface area (Å²) in [7, 11) is 2.04. The van der Waals surface area contributed by atoms with Crippen LogP contribution < -0.4 is 4.57 Å². The second-order valence-electron chi connectivity index (χ2n) is 4.00. The Hall–Kier alpha value is -1.83. The van der Waals surface area contributed by atoms with Crippen LogP contribution in [0, 0.1) is 0 Å². The van der Waals surface area contributed by atoms with E-state index in [1.54, 1.807) is 0 Å². The van der Waals surface area contributed by atoms with Crippen molar-refractivity contribution in [2.45, 2.75) is 6.42 Å². The first-order chi connectivity index (χ1) is 7.33. The van der Waals surface area contributed by atoms with E-state index in [0.717, 1.165) is 6.42 Å². The predicted octanol–water partition coefficient (Wildman–Crippen LogP) is 1.87. The van der Waals surface area contributed by atoms with E-state index in [4.69, 9.17) is 0 Å². The van der Waals surface area contributed by atoms with Crippen LogP contribution in [0.4, 0.5) is 0 Å². The van der Waals surface area contributed by atoms with E-state index in [2.05, 4.69) is 58.2 Å². The molecule has 0 N–H and O–H groups in total. The zero-order chi connectivity index (χ0) is 10.3. The van der Waals surface area contributed by atoms with Gasteiger partial charge in [0.05, 0.1) is 7.05 Å². The normalized spacial score (nSPS) is 13.8. The molecule has 1 aliphatic carbocycles. The molecule has 0 amide bonds. The largest absolute Gasteiger partial charge is 0.248 e. The Morgan fingerprint density at radius 3 is 2.87 bits per heavy atom. The molecule has 1 aliphatic rings. The first-order valence-electron chi connectivity index (χ1n) is 5.15. The van der Waals surface area contributed by atoms with E-state index < -0.39 is 0 Å². The van der Waals surface area contributed by atoms with Crippen LogP contribution in [-0.2, 0) is 13.5 Å². The van der Waals surface area contributed by atoms with Gasteiger partial charge in [-0.15, -0.1) is 0 Å². The monoisotopic (exact) mass is 197 g/mol. The summed E-state index contributed by atoms with van der Waals surface area (Å²) in [6.45, 7) is 0. The second-order valence-corrected chi connectivity index (χ2v) is 4.00. The minimum atomic E-state index is 1.03. The molecule has 0 bridgehead atoms. The van der Waals surface area contributed by atoms with Gasteiger partial charge < -0.3 is 0 Å². The summed E-state index contributed by atoms with van der Waals surface area (Å²) in [4.78, 5) is 0. The Balaban J connectivity index is 2.01. The standard InChI is InChI=1S/C13H13N2/c1-14-6-7-15(10-14)13-8-11-4-2-3-5-12(11)9-13/h2-8,10H,9H2,1H3/q+1. The van der Waals surface area contributed by atoms with Gasteiger partial charge >= 0.3 is 0 Å². The van der Waals surface area contributed by atoms with Crippen molar-refractivity contribution in [1.82, 2.24) is 4.57 Å². The summed E-state index contributed by atoms with van der Waals surface area (Å²) < 4.78 is 4.24. The number of aromatic nitrogens is 2. The molecule has 1 aromatic heterocycles. The highest BCUT2D eigenvalue weighted by Crippen LogP contribution is 2.26. The van der Waals surface area contributed by atoms with Gasteiger partial charge in [0.25, 0.3) is 0 Å². The number of rotatable bonds is 1. The van der Waals surface area contributed by atoms with Crippen molar-refractivity contribution in [3.63, 3.8) is 0 Å². The van der Waals surface area contributed by atoms with Crippen molar-refractivity contribution in [2.24, 2.45) is 7.05 Å². The van der Waals surface area contributed by atoms with Gasteiger partial charge in [-0.25, -0.2) is 9.13 Å². The molecule has 0 saturated heterocycles. The number of benzene rings is 1. The first kappa shape index (κ1) is 8.48. The fraction of sp³-hybridized carbons (Fsp3) is 0.154. The molecule has 3 rings (SSSR count). The van der Waals surface area contributed by atoms with E-state index in [9.17, 15) is 0 Å². The number of hydrogen-bond acceptors (Lipinski definition) is 0. The van der Waals surface area contributed by atoms with Gasteiger partial charge in [-0.2, -0.15) is 0 Å². The zero-order valence-corrected chi connectivity index (χ0v) is 8.72. The number of allylic oxidation sites excluding steroid dienone is 1. The summed E-state index contributed by atoms with van der Waals surface area (Å²) in [6, 6.07) is 8.56. The average Bonchev–Trinajstić information content (AvgIpc) is 2.82. The predicted molar refractivity (Wildman–Crippen MR) is 59.9 cm³/mol. The Kier molecular flexibility index (Phi) is 1.75. The van der Waals surface area contributed by atoms with Crippen LogP contribution in [0.15, 0.2) is 43.0 Å². The minimum Gasteiger partial charge on any atom is -0.239 e. The third kappa shape index (κ3) is 1.38. The fourth-order valence-corrected chi connectivity index (χ4v) is 2.05. The minimum absolute atomic E-state index is 1.03. The fourth-order valence-electron chi connectivity index (χ4n) is 2.05. The lowest BCUT2D eigenvalue weighted by atomic mass is 10.1. The summed E-state index contributed by atoms with van der Waals surface area (Å²) in [5.41, 5.74) is 4.12. The van der Waals surface area contributed by atoms with Gasteiger partial charge in [-0.05, 0) is 17.2 Å². The zero-order valence-electron chi connectivity index (χ0n) is 8.72. The van der Waals surface area contributed by atoms with Crippen LogP contribution in [0.5, 0.6) is 0 Å². The van der Waals surface area contributed by atoms with Gasteiger partial charge in [-0.1, -0.05) is 24.3 Å². The summed E-state index contributed by atoms with van der Waals surface area (Å²) >= 11 is 0. The number of aryl methyl sites for hydroxylation is 1. The SMILES string of the molecule is C[n+]1ccn(C2=Cc3ccccc3C2)c1. The van der Waals surface area contributed by atoms with E-state index in [-0.39, 0.29) is 0 Å². The molecule has 0 saturated carbocycles. The van der Waals surface area contributed by atoms with Crippen LogP contribution in [0.2, 0.25) is 0 Å². The lowest BCUT2D eigenvalue weighted by Gasteiger charge is -1.95. The Labute approximate surface area is 89.1 Å². The lowest BCUT2D eigenvalue weighted by molar-refractivity contribution is -0.670. The van der Waals surface area contributed by atoms with Gasteiger partial charge in [-0.3, -0.25) is 0 Å². The molecule has 2 aromatic rings. The molecule has 0 aliphatic heterocycles. The Morgan fingerprint density at radius 1 is 1.27 bits per heavy atom. The molecule has 2 heteroatoms. The van der Waals surface area contributed by atoms with Crippen molar-refractivity contribution >= 4 is 11.8 Å². The Bertz CT molecular complexity index is 535. The maximum Gasteiger partial charge on any atom is 0.248 e. The van der Waals surface area contributed by atoms with Crippen molar-refractivity contribution in [3.05, 3.63) is 54.1 Å². The van der Waals surface area contributed by atoms with Gasteiger partial charge in [0.15, 0.2) is 0 Å². The van der Waals surface area contributed by atoms with Crippen LogP contribution in [0.25, 0.3) is 11.8 Å². The molecule has 2 nitrogen and oxygen atoms in total. The Morgan fingerprint density at radius 2 is 2.13 bits per heavy atom. The molecule has 74 valence electrons. The second kappa shape index (κ2) is 3.09. The van der Waals surface area contributed by atoms with Crippen molar-refractivity contribution in [1.29, 1.82) is 0 Å². The van der Waals surface area contributed by atoms with Gasteiger partial charge in [0.2, 0.25) is 6.33 Å². The summed E-state index contributed by atoms with van der Waals surface area (Å²) in [5, 5.41) is 0. The topological polar surface area (TPSA) is 8.81 Å². The van der Waals surface area contributed by atoms with Crippen molar-refractivity contribution < 1.29 is 4.57 Å². The van der Waals surface area contributed by atoms with Crippen LogP contribution >= 0.6 is 0 Å². The van der Waals surface area contributed by atoms with E-state index in [0.29, 0.717) is 0 Å². The number of imidazole rings is 1. The third-order valence-corrected chi connectivity index (χ3v) is 2.85. The van der Waals surface area contributed by atoms with Crippen LogP contribution in [-0.4, -0.2) is 4.57 Å². The molecular formula is C13H13N2+. The molecule has 15 heavy (non-hydrogen) atoms. The van der Waals surface area contributed by atoms with Gasteiger partial charge in [0.1, 0.15) is 18.1 Å². The molecule has 0 unspecified atom stereocenters. The van der Waals surface area contributed by atoms with Gasteiger partial charge in [0, 0.05) is 6.42 Å². The van der Waals surface area contributed by atoms with Crippen LogP contribution in [0.3, 0.4) is 0 Å². The van der Waals surface area contributed by atoms with Crippen molar-refractivity contribution in [2.75, 3.05) is 0 Å². The summed E-state index contributed by atoms with van der Waals surface area (Å²) in [6.07, 6.45) is 9.54. The molecule has 0 radical (unpaired) electrons. The van der Waals surface area contributed by atoms with E-state index >= 15 is 0 Å². The van der Waals surface area contributed by atoms with Crippen LogP contribution in [0.1, 0.15) is 11.1 Å². The molecule has 0 fully saturated rings. The summed E-state index contributed by atoms with van der Waals surface area (Å²) in [5.74, 6) is 0. The molecule has 1 heterocycles. The maximum absolute atomic E-state index is 2.26. The highest BCUT2D eigenvalue weighted by molar-refractivity contribution is 5.79. The molecule has 0 spiro atoms. The van der Waals surface area contributed by atoms with Crippen molar-refractivity contribution in [3.8, 4) is 0 Å². The highest BCUT2D eigenvalue weighted by atomic mass is 15.1. The number of fused-ring (bicyclic) bond motifs is 1. The lowest BCUT2D eigenvalue weighted by Crippen LogP contribution is -2.23. The molecule has 0 atom stereocenters. The highest BCUT2D eigenvalue weighted by Gasteiger charge is 2.16. The molecular weight excluding hydrogens is 184 g/mol. The maximum atomic E-state index is 2.26. The third-order valence-electron chi connectivity index (χ3n) is 2.85.